The van der Waals surface area contributed by atoms with E-state index in [0.29, 0.717) is 19.0 Å². The Labute approximate surface area is 189 Å². The Morgan fingerprint density at radius 1 is 1.06 bits per heavy atom. The molecule has 32 heavy (non-hydrogen) atoms. The van der Waals surface area contributed by atoms with Crippen molar-refractivity contribution in [3.8, 4) is 11.3 Å². The summed E-state index contributed by atoms with van der Waals surface area (Å²) < 4.78 is 4.99. The van der Waals surface area contributed by atoms with Crippen LogP contribution in [0, 0.1) is 11.3 Å². The zero-order valence-electron chi connectivity index (χ0n) is 19.2. The molecule has 1 N–H and O–H groups in total. The highest BCUT2D eigenvalue weighted by atomic mass is 16.5. The Balaban J connectivity index is 1.59. The molecule has 3 heterocycles. The third kappa shape index (κ3) is 3.65. The molecule has 6 heteroatoms. The predicted molar refractivity (Wildman–Crippen MR) is 127 cm³/mol. The number of carbonyl (C=O) groups is 1. The highest BCUT2D eigenvalue weighted by Crippen LogP contribution is 2.43. The average molecular weight is 433 g/mol. The standard InChI is InChI=1S/C26H32N4O2/c1-26(2,3)24-21-22(27-14-15-28-24)25(31)30(23(21)18-7-5-4-6-8-18)19-11-9-17(10-12-19)20-13-16-32-29-20/h9-13,16,18,23,27H,4-8,14-15H2,1-3H3. The van der Waals surface area contributed by atoms with E-state index in [-0.39, 0.29) is 17.4 Å². The fraction of sp³-hybridized carbons (Fsp3) is 0.500. The number of benzene rings is 1. The molecule has 3 aliphatic rings. The van der Waals surface area contributed by atoms with Crippen molar-refractivity contribution in [2.24, 2.45) is 16.3 Å². The van der Waals surface area contributed by atoms with Gasteiger partial charge < -0.3 is 9.84 Å². The van der Waals surface area contributed by atoms with E-state index in [4.69, 9.17) is 9.52 Å². The van der Waals surface area contributed by atoms with Gasteiger partial charge in [0.25, 0.3) is 5.91 Å². The van der Waals surface area contributed by atoms with E-state index >= 15 is 0 Å². The first kappa shape index (κ1) is 21.0. The van der Waals surface area contributed by atoms with Crippen LogP contribution in [0.1, 0.15) is 52.9 Å². The Morgan fingerprint density at radius 3 is 2.47 bits per heavy atom. The van der Waals surface area contributed by atoms with Crippen LogP contribution in [0.25, 0.3) is 11.3 Å². The van der Waals surface area contributed by atoms with Crippen molar-refractivity contribution in [2.75, 3.05) is 18.0 Å². The van der Waals surface area contributed by atoms with Gasteiger partial charge in [-0.2, -0.15) is 0 Å². The molecular weight excluding hydrogens is 400 g/mol. The summed E-state index contributed by atoms with van der Waals surface area (Å²) in [7, 11) is 0. The van der Waals surface area contributed by atoms with Gasteiger partial charge in [0.2, 0.25) is 0 Å². The van der Waals surface area contributed by atoms with Gasteiger partial charge in [-0.3, -0.25) is 14.7 Å². The van der Waals surface area contributed by atoms with Crippen LogP contribution in [0.4, 0.5) is 5.69 Å². The third-order valence-corrected chi connectivity index (χ3v) is 6.90. The normalized spacial score (nSPS) is 22.5. The zero-order chi connectivity index (χ0) is 22.3. The molecule has 0 spiro atoms. The van der Waals surface area contributed by atoms with Gasteiger partial charge in [0.1, 0.15) is 17.7 Å². The zero-order valence-corrected chi connectivity index (χ0v) is 19.2. The van der Waals surface area contributed by atoms with E-state index in [1.54, 1.807) is 6.26 Å². The average Bonchev–Trinajstić information content (AvgIpc) is 3.34. The summed E-state index contributed by atoms with van der Waals surface area (Å²) in [6.07, 6.45) is 7.62. The van der Waals surface area contributed by atoms with Crippen molar-refractivity contribution < 1.29 is 9.32 Å². The quantitative estimate of drug-likeness (QED) is 0.742. The summed E-state index contributed by atoms with van der Waals surface area (Å²) in [5.41, 5.74) is 5.56. The maximum absolute atomic E-state index is 13.9. The van der Waals surface area contributed by atoms with Gasteiger partial charge >= 0.3 is 0 Å². The van der Waals surface area contributed by atoms with Crippen LogP contribution >= 0.6 is 0 Å². The molecule has 1 fully saturated rings. The molecule has 0 radical (unpaired) electrons. The lowest BCUT2D eigenvalue weighted by atomic mass is 9.75. The van der Waals surface area contributed by atoms with Crippen molar-refractivity contribution in [1.29, 1.82) is 0 Å². The van der Waals surface area contributed by atoms with Crippen LogP contribution in [0.15, 0.2) is 57.4 Å². The van der Waals surface area contributed by atoms with Crippen molar-refractivity contribution in [3.05, 3.63) is 47.9 Å². The third-order valence-electron chi connectivity index (χ3n) is 6.90. The largest absolute Gasteiger partial charge is 0.378 e. The molecule has 1 aromatic carbocycles. The number of rotatable bonds is 3. The second-order valence-electron chi connectivity index (χ2n) is 10.1. The topological polar surface area (TPSA) is 70.7 Å². The summed E-state index contributed by atoms with van der Waals surface area (Å²) in [5.74, 6) is 0.520. The van der Waals surface area contributed by atoms with E-state index in [1.807, 2.05) is 35.2 Å². The van der Waals surface area contributed by atoms with Crippen LogP contribution in [0.5, 0.6) is 0 Å². The van der Waals surface area contributed by atoms with Crippen LogP contribution in [0.2, 0.25) is 0 Å². The van der Waals surface area contributed by atoms with E-state index in [2.05, 4.69) is 31.2 Å². The molecule has 1 amide bonds. The molecule has 5 rings (SSSR count). The second-order valence-corrected chi connectivity index (χ2v) is 10.1. The smallest absolute Gasteiger partial charge is 0.275 e. The minimum atomic E-state index is -0.118. The first-order valence-electron chi connectivity index (χ1n) is 11.8. The minimum Gasteiger partial charge on any atom is -0.378 e. The van der Waals surface area contributed by atoms with Crippen LogP contribution < -0.4 is 10.2 Å². The number of amides is 1. The van der Waals surface area contributed by atoms with Crippen molar-refractivity contribution in [2.45, 2.75) is 58.9 Å². The fourth-order valence-electron chi connectivity index (χ4n) is 5.47. The van der Waals surface area contributed by atoms with Crippen molar-refractivity contribution in [1.82, 2.24) is 10.5 Å². The van der Waals surface area contributed by atoms with E-state index in [0.717, 1.165) is 46.8 Å². The first-order valence-corrected chi connectivity index (χ1v) is 11.8. The van der Waals surface area contributed by atoms with Gasteiger partial charge in [0.15, 0.2) is 0 Å². The fourth-order valence-corrected chi connectivity index (χ4v) is 5.47. The SMILES string of the molecule is CC(C)(C)C1=NCCNC2=C1C(C1CCCCC1)N(c1ccc(-c3ccon3)cc1)C2=O. The summed E-state index contributed by atoms with van der Waals surface area (Å²) in [5, 5.41) is 7.48. The Hall–Kier alpha value is -2.89. The summed E-state index contributed by atoms with van der Waals surface area (Å²) in [6, 6.07) is 10.00. The van der Waals surface area contributed by atoms with Crippen LogP contribution in [0.3, 0.4) is 0 Å². The molecule has 2 aromatic rings. The molecule has 2 aliphatic heterocycles. The summed E-state index contributed by atoms with van der Waals surface area (Å²) in [6.45, 7) is 8.02. The molecule has 0 saturated heterocycles. The van der Waals surface area contributed by atoms with E-state index in [9.17, 15) is 4.79 Å². The highest BCUT2D eigenvalue weighted by molar-refractivity contribution is 6.20. The second kappa shape index (κ2) is 8.23. The number of aromatic nitrogens is 1. The van der Waals surface area contributed by atoms with E-state index < -0.39 is 0 Å². The molecule has 1 atom stereocenters. The highest BCUT2D eigenvalue weighted by Gasteiger charge is 2.48. The number of carbonyl (C=O) groups excluding carboxylic acids is 1. The predicted octanol–water partition coefficient (Wildman–Crippen LogP) is 4.98. The molecule has 6 nitrogen and oxygen atoms in total. The molecule has 1 aromatic heterocycles. The monoisotopic (exact) mass is 432 g/mol. The number of hydrogen-bond donors (Lipinski definition) is 1. The Kier molecular flexibility index (Phi) is 5.39. The maximum atomic E-state index is 13.9. The number of nitrogens with one attached hydrogen (secondary N) is 1. The van der Waals surface area contributed by atoms with Crippen molar-refractivity contribution >= 4 is 17.3 Å². The number of anilines is 1. The lowest BCUT2D eigenvalue weighted by molar-refractivity contribution is -0.115. The molecule has 1 aliphatic carbocycles. The number of nitrogens with zero attached hydrogens (tertiary/aromatic N) is 3. The van der Waals surface area contributed by atoms with Gasteiger partial charge in [0.05, 0.1) is 12.6 Å². The lowest BCUT2D eigenvalue weighted by Gasteiger charge is -2.37. The Bertz CT molecular complexity index is 1040. The van der Waals surface area contributed by atoms with Gasteiger partial charge in [-0.15, -0.1) is 0 Å². The summed E-state index contributed by atoms with van der Waals surface area (Å²) >= 11 is 0. The molecule has 168 valence electrons. The molecular formula is C26H32N4O2. The minimum absolute atomic E-state index is 0.0271. The van der Waals surface area contributed by atoms with Crippen LogP contribution in [-0.2, 0) is 4.79 Å². The molecule has 1 saturated carbocycles. The van der Waals surface area contributed by atoms with Gasteiger partial charge in [-0.1, -0.05) is 57.3 Å². The number of aliphatic imine (C=N–C) groups is 1. The van der Waals surface area contributed by atoms with Gasteiger partial charge in [0, 0.05) is 40.6 Å². The maximum Gasteiger partial charge on any atom is 0.275 e. The van der Waals surface area contributed by atoms with Gasteiger partial charge in [-0.25, -0.2) is 0 Å². The molecule has 1 unspecified atom stereocenters. The summed E-state index contributed by atoms with van der Waals surface area (Å²) in [4.78, 5) is 20.9. The van der Waals surface area contributed by atoms with Crippen LogP contribution in [-0.4, -0.2) is 35.9 Å². The van der Waals surface area contributed by atoms with E-state index in [1.165, 1.54) is 19.3 Å². The van der Waals surface area contributed by atoms with Crippen molar-refractivity contribution in [3.63, 3.8) is 0 Å². The van der Waals surface area contributed by atoms with Gasteiger partial charge in [-0.05, 0) is 30.9 Å². The Morgan fingerprint density at radius 2 is 1.81 bits per heavy atom. The lowest BCUT2D eigenvalue weighted by Crippen LogP contribution is -2.44. The first-order chi connectivity index (χ1) is 15.4. The number of hydrogen-bond acceptors (Lipinski definition) is 5. The molecule has 0 bridgehead atoms.